The van der Waals surface area contributed by atoms with Gasteiger partial charge in [-0.2, -0.15) is 0 Å². The maximum Gasteiger partial charge on any atom is -0.0000279 e. The van der Waals surface area contributed by atoms with Gasteiger partial charge in [0.2, 0.25) is 0 Å². The van der Waals surface area contributed by atoms with Crippen LogP contribution in [0.5, 0.6) is 0 Å². The van der Waals surface area contributed by atoms with Crippen LogP contribution in [0.4, 0.5) is 0 Å². The monoisotopic (exact) mass is 907 g/mol. The Labute approximate surface area is 415 Å². The fourth-order valence-corrected chi connectivity index (χ4v) is 12.7. The molecule has 0 heterocycles. The molecule has 0 fully saturated rings. The van der Waals surface area contributed by atoms with Gasteiger partial charge in [0, 0.05) is 0 Å². The number of allylic oxidation sites excluding steroid dienone is 13. The normalized spacial score (nSPS) is 14.7. The summed E-state index contributed by atoms with van der Waals surface area (Å²) in [5.41, 5.74) is 19.2. The van der Waals surface area contributed by atoms with Crippen LogP contribution in [0.25, 0.3) is 128 Å². The van der Waals surface area contributed by atoms with E-state index in [-0.39, 0.29) is 0 Å². The minimum atomic E-state index is 0.566. The van der Waals surface area contributed by atoms with E-state index in [4.69, 9.17) is 0 Å². The maximum atomic E-state index is 2.56. The molecular weight excluding hydrogens is 829 g/mol. The number of aryl methyl sites for hydroxylation is 1. The van der Waals surface area contributed by atoms with E-state index in [0.29, 0.717) is 5.92 Å². The van der Waals surface area contributed by atoms with Gasteiger partial charge < -0.3 is 0 Å². The zero-order chi connectivity index (χ0) is 49.4. The Morgan fingerprint density at radius 2 is 0.870 bits per heavy atom. The van der Waals surface area contributed by atoms with Gasteiger partial charge in [-0.1, -0.05) is 164 Å². The van der Waals surface area contributed by atoms with Gasteiger partial charge >= 0.3 is 0 Å². The molecule has 0 spiro atoms. The fraction of sp³-hybridized carbons (Fsp3) is 0.333. The van der Waals surface area contributed by atoms with Crippen molar-refractivity contribution in [2.75, 3.05) is 0 Å². The van der Waals surface area contributed by atoms with Crippen LogP contribution in [0.1, 0.15) is 198 Å². The third-order valence-electron chi connectivity index (χ3n) is 15.3. The summed E-state index contributed by atoms with van der Waals surface area (Å²) in [4.78, 5) is 0. The molecule has 0 aliphatic carbocycles. The second-order valence-corrected chi connectivity index (χ2v) is 19.7. The van der Waals surface area contributed by atoms with Crippen molar-refractivity contribution in [1.29, 1.82) is 0 Å². The molecule has 69 heavy (non-hydrogen) atoms. The summed E-state index contributed by atoms with van der Waals surface area (Å²) in [7, 11) is 0. The van der Waals surface area contributed by atoms with Crippen LogP contribution in [0.2, 0.25) is 0 Å². The molecule has 0 bridgehead atoms. The third kappa shape index (κ3) is 7.64. The minimum absolute atomic E-state index is 0.566. The largest absolute Gasteiger partial charge is 0.0870 e. The summed E-state index contributed by atoms with van der Waals surface area (Å²) in [6.07, 6.45) is 40.6. The van der Waals surface area contributed by atoms with Gasteiger partial charge in [-0.05, 0) is 253 Å². The average Bonchev–Trinajstić information content (AvgIpc) is 3.33. The molecule has 0 aromatic heterocycles. The van der Waals surface area contributed by atoms with Gasteiger partial charge in [-0.3, -0.25) is 0 Å². The van der Waals surface area contributed by atoms with Gasteiger partial charge in [0.15, 0.2) is 0 Å². The van der Waals surface area contributed by atoms with E-state index in [1.54, 1.807) is 0 Å². The summed E-state index contributed by atoms with van der Waals surface area (Å²) in [6.45, 7) is 34.7. The van der Waals surface area contributed by atoms with Gasteiger partial charge in [0.05, 0.1) is 0 Å². The van der Waals surface area contributed by atoms with Gasteiger partial charge in [0.1, 0.15) is 0 Å². The Hall–Kier alpha value is -5.98. The summed E-state index contributed by atoms with van der Waals surface area (Å²) >= 11 is 0. The van der Waals surface area contributed by atoms with E-state index < -0.39 is 0 Å². The van der Waals surface area contributed by atoms with E-state index in [0.717, 1.165) is 44.9 Å². The van der Waals surface area contributed by atoms with Gasteiger partial charge in [-0.15, -0.1) is 0 Å². The van der Waals surface area contributed by atoms with Crippen LogP contribution in [0.15, 0.2) is 78.9 Å². The molecule has 0 aliphatic heterocycles. The van der Waals surface area contributed by atoms with Crippen LogP contribution < -0.4 is 0 Å². The minimum Gasteiger partial charge on any atom is -0.0870 e. The topological polar surface area (TPSA) is 0 Å². The Bertz CT molecular complexity index is 3530. The SMILES string of the molecule is CC=Cc1c(C(C)=CCC)c2c(C(C)=CCC)c3c(C(C)=CCC)c4c(C(=CCC)CC(C)CC)ccc5c(CC)c(C=CC)c6c(C=CC)c7c(C=CC)c8c(C=CC)ccc1c8c2c7c3c6c54. The van der Waals surface area contributed by atoms with Crippen LogP contribution in [0.3, 0.4) is 0 Å². The molecule has 8 aromatic rings. The van der Waals surface area contributed by atoms with Crippen molar-refractivity contribution in [3.8, 4) is 0 Å². The Balaban J connectivity index is 2.02. The number of hydrogen-bond acceptors (Lipinski definition) is 0. The second-order valence-electron chi connectivity index (χ2n) is 19.7. The van der Waals surface area contributed by atoms with E-state index in [1.165, 1.54) is 153 Å². The first-order valence-corrected chi connectivity index (χ1v) is 26.7. The van der Waals surface area contributed by atoms with Crippen LogP contribution in [0, 0.1) is 5.92 Å². The Morgan fingerprint density at radius 1 is 0.420 bits per heavy atom. The molecule has 8 aromatic carbocycles. The van der Waals surface area contributed by atoms with Gasteiger partial charge in [0.25, 0.3) is 0 Å². The predicted molar refractivity (Wildman–Crippen MR) is 320 cm³/mol. The molecule has 8 rings (SSSR count). The van der Waals surface area contributed by atoms with E-state index in [1.807, 2.05) is 0 Å². The molecule has 354 valence electrons. The second kappa shape index (κ2) is 20.5. The number of rotatable bonds is 17. The third-order valence-corrected chi connectivity index (χ3v) is 15.3. The molecule has 0 nitrogen and oxygen atoms in total. The van der Waals surface area contributed by atoms with E-state index in [2.05, 4.69) is 213 Å². The van der Waals surface area contributed by atoms with Crippen molar-refractivity contribution in [3.63, 3.8) is 0 Å². The molecule has 0 radical (unpaired) electrons. The first kappa shape index (κ1) is 49.4. The quantitative estimate of drug-likeness (QED) is 0.0631. The summed E-state index contributed by atoms with van der Waals surface area (Å²) in [5, 5.41) is 19.6. The van der Waals surface area contributed by atoms with Crippen LogP contribution in [-0.2, 0) is 6.42 Å². The Morgan fingerprint density at radius 3 is 1.43 bits per heavy atom. The summed E-state index contributed by atoms with van der Waals surface area (Å²) in [5.74, 6) is 0.566. The predicted octanol–water partition coefficient (Wildman–Crippen LogP) is 22.5. The lowest BCUT2D eigenvalue weighted by molar-refractivity contribution is 0.579. The van der Waals surface area contributed by atoms with E-state index >= 15 is 0 Å². The highest BCUT2D eigenvalue weighted by Gasteiger charge is 2.34. The standard InChI is InChI=1S/C69H78/c1-16-27-42(13)55-50(33-22-7)52-37-36-45(30-19-4)58-53(34-23-8)60-54(35-24-9)59-49(32-21-6)47(26-11)51-39-38-48(46(31-20-5)40-41(12)25-10)61-56(43(14)28-17-2)65-57(44(15)29-18-3)64(55)68(62(52)58)67(60)69(65)66(59)63(51)61/h19,21-24,27-39,41H,16-18,20,25-26,40H2,1-15H3. The zero-order valence-electron chi connectivity index (χ0n) is 44.9. The molecule has 1 atom stereocenters. The summed E-state index contributed by atoms with van der Waals surface area (Å²) in [6, 6.07) is 9.91. The van der Waals surface area contributed by atoms with Crippen molar-refractivity contribution in [1.82, 2.24) is 0 Å². The Kier molecular flexibility index (Phi) is 14.7. The molecule has 0 N–H and O–H groups in total. The highest BCUT2D eigenvalue weighted by atomic mass is 14.4. The van der Waals surface area contributed by atoms with E-state index in [9.17, 15) is 0 Å². The van der Waals surface area contributed by atoms with Crippen molar-refractivity contribution < 1.29 is 0 Å². The first-order valence-electron chi connectivity index (χ1n) is 26.7. The molecule has 1 unspecified atom stereocenters. The first-order chi connectivity index (χ1) is 33.5. The van der Waals surface area contributed by atoms with Crippen LogP contribution >= 0.6 is 0 Å². The zero-order valence-corrected chi connectivity index (χ0v) is 44.9. The summed E-state index contributed by atoms with van der Waals surface area (Å²) < 4.78 is 0. The van der Waals surface area contributed by atoms with Crippen molar-refractivity contribution in [3.05, 3.63) is 135 Å². The highest BCUT2D eigenvalue weighted by molar-refractivity contribution is 6.50. The van der Waals surface area contributed by atoms with Crippen molar-refractivity contribution in [2.24, 2.45) is 5.92 Å². The maximum absolute atomic E-state index is 2.56. The average molecular weight is 907 g/mol. The molecule has 0 amide bonds. The van der Waals surface area contributed by atoms with Crippen LogP contribution in [-0.4, -0.2) is 0 Å². The highest BCUT2D eigenvalue weighted by Crippen LogP contribution is 2.60. The van der Waals surface area contributed by atoms with Crippen molar-refractivity contribution >= 4 is 128 Å². The number of benzene rings is 8. The van der Waals surface area contributed by atoms with Gasteiger partial charge in [-0.25, -0.2) is 0 Å². The molecule has 0 aliphatic rings. The number of hydrogen-bond donors (Lipinski definition) is 0. The molecule has 0 heteroatoms. The molecule has 0 saturated heterocycles. The molecule has 0 saturated carbocycles. The lowest BCUT2D eigenvalue weighted by Gasteiger charge is -2.32. The lowest BCUT2D eigenvalue weighted by Crippen LogP contribution is -2.08. The van der Waals surface area contributed by atoms with Crippen molar-refractivity contribution in [2.45, 2.75) is 149 Å². The molecular formula is C69H78. The smallest absolute Gasteiger partial charge is 0.0000279 e. The fourth-order valence-electron chi connectivity index (χ4n) is 12.7. The lowest BCUT2D eigenvalue weighted by atomic mass is 9.70.